The van der Waals surface area contributed by atoms with E-state index in [9.17, 15) is 4.39 Å². The van der Waals surface area contributed by atoms with Crippen LogP contribution in [0, 0.1) is 6.92 Å². The summed E-state index contributed by atoms with van der Waals surface area (Å²) in [5, 5.41) is 11.6. The summed E-state index contributed by atoms with van der Waals surface area (Å²) in [7, 11) is 1.88. The number of halogens is 1. The number of hydrogen-bond donors (Lipinski definition) is 1. The van der Waals surface area contributed by atoms with Gasteiger partial charge in [-0.3, -0.25) is 9.36 Å². The predicted molar refractivity (Wildman–Crippen MR) is 63.5 cm³/mol. The lowest BCUT2D eigenvalue weighted by atomic mass is 10.3. The summed E-state index contributed by atoms with van der Waals surface area (Å²) < 4.78 is 15.6. The van der Waals surface area contributed by atoms with Crippen LogP contribution in [0.5, 0.6) is 0 Å². The molecule has 0 saturated heterocycles. The molecule has 0 fully saturated rings. The van der Waals surface area contributed by atoms with Crippen LogP contribution in [0.2, 0.25) is 0 Å². The molecule has 0 radical (unpaired) electrons. The first kappa shape index (κ1) is 11.6. The van der Waals surface area contributed by atoms with Crippen molar-refractivity contribution >= 4 is 5.69 Å². The average Bonchev–Trinajstić information content (AvgIpc) is 2.86. The number of aryl methyl sites for hydroxylation is 2. The van der Waals surface area contributed by atoms with Crippen molar-refractivity contribution in [2.45, 2.75) is 20.0 Å². The molecule has 0 aliphatic heterocycles. The van der Waals surface area contributed by atoms with E-state index in [-0.39, 0.29) is 0 Å². The minimum absolute atomic E-state index is 0.303. The Kier molecular flexibility index (Phi) is 3.41. The average molecular weight is 237 g/mol. The molecular weight excluding hydrogens is 221 g/mol. The van der Waals surface area contributed by atoms with Crippen molar-refractivity contribution in [3.8, 4) is 0 Å². The number of hydrogen-bond acceptors (Lipinski definition) is 3. The van der Waals surface area contributed by atoms with Crippen molar-refractivity contribution in [3.63, 3.8) is 0 Å². The largest absolute Gasteiger partial charge is 0.377 e. The topological polar surface area (TPSA) is 47.7 Å². The smallest absolute Gasteiger partial charge is 0.109 e. The van der Waals surface area contributed by atoms with Gasteiger partial charge in [-0.15, -0.1) is 0 Å². The lowest BCUT2D eigenvalue weighted by Crippen LogP contribution is -2.05. The molecule has 6 heteroatoms. The van der Waals surface area contributed by atoms with Gasteiger partial charge in [0.25, 0.3) is 0 Å². The Balaban J connectivity index is 1.99. The number of rotatable bonds is 5. The molecule has 0 saturated carbocycles. The van der Waals surface area contributed by atoms with E-state index in [1.807, 2.05) is 26.2 Å². The maximum atomic E-state index is 12.2. The Bertz CT molecular complexity index is 488. The van der Waals surface area contributed by atoms with Crippen LogP contribution in [0.4, 0.5) is 10.1 Å². The minimum atomic E-state index is -0.401. The van der Waals surface area contributed by atoms with E-state index in [1.165, 1.54) is 0 Å². The van der Waals surface area contributed by atoms with Gasteiger partial charge in [-0.1, -0.05) is 0 Å². The van der Waals surface area contributed by atoms with Crippen molar-refractivity contribution in [2.24, 2.45) is 7.05 Å². The van der Waals surface area contributed by atoms with Crippen LogP contribution in [0.15, 0.2) is 18.5 Å². The third kappa shape index (κ3) is 2.64. The standard InChI is InChI=1S/C11H16FN5/c1-9-11(8-14-17(9)6-4-12)13-7-10-3-5-16(2)15-10/h3,5,8,13H,4,6-7H2,1-2H3. The highest BCUT2D eigenvalue weighted by Crippen LogP contribution is 2.14. The zero-order valence-electron chi connectivity index (χ0n) is 10.0. The van der Waals surface area contributed by atoms with Gasteiger partial charge in [-0.25, -0.2) is 4.39 Å². The van der Waals surface area contributed by atoms with Gasteiger partial charge in [0.15, 0.2) is 0 Å². The Hall–Kier alpha value is -1.85. The minimum Gasteiger partial charge on any atom is -0.377 e. The third-order valence-corrected chi connectivity index (χ3v) is 2.63. The molecule has 0 aliphatic carbocycles. The Morgan fingerprint density at radius 1 is 1.47 bits per heavy atom. The van der Waals surface area contributed by atoms with E-state index in [1.54, 1.807) is 15.6 Å². The van der Waals surface area contributed by atoms with E-state index in [4.69, 9.17) is 0 Å². The van der Waals surface area contributed by atoms with Crippen LogP contribution < -0.4 is 5.32 Å². The van der Waals surface area contributed by atoms with Gasteiger partial charge in [0, 0.05) is 13.2 Å². The van der Waals surface area contributed by atoms with E-state index in [0.717, 1.165) is 17.1 Å². The Morgan fingerprint density at radius 2 is 2.29 bits per heavy atom. The van der Waals surface area contributed by atoms with Gasteiger partial charge in [0.1, 0.15) is 6.67 Å². The summed E-state index contributed by atoms with van der Waals surface area (Å²) in [4.78, 5) is 0. The number of nitrogens with zero attached hydrogens (tertiary/aromatic N) is 4. The Morgan fingerprint density at radius 3 is 2.94 bits per heavy atom. The summed E-state index contributed by atoms with van der Waals surface area (Å²) in [5.41, 5.74) is 2.83. The summed E-state index contributed by atoms with van der Waals surface area (Å²) in [6, 6.07) is 1.95. The van der Waals surface area contributed by atoms with E-state index in [2.05, 4.69) is 15.5 Å². The zero-order valence-corrected chi connectivity index (χ0v) is 10.0. The maximum absolute atomic E-state index is 12.2. The van der Waals surface area contributed by atoms with Gasteiger partial charge in [0.05, 0.1) is 36.4 Å². The predicted octanol–water partition coefficient (Wildman–Crippen LogP) is 1.51. The van der Waals surface area contributed by atoms with Gasteiger partial charge < -0.3 is 5.32 Å². The summed E-state index contributed by atoms with van der Waals surface area (Å²) in [5.74, 6) is 0. The molecule has 5 nitrogen and oxygen atoms in total. The highest BCUT2D eigenvalue weighted by molar-refractivity contribution is 5.45. The van der Waals surface area contributed by atoms with Gasteiger partial charge in [-0.2, -0.15) is 10.2 Å². The summed E-state index contributed by atoms with van der Waals surface area (Å²) in [6.07, 6.45) is 3.62. The van der Waals surface area contributed by atoms with Crippen molar-refractivity contribution in [1.29, 1.82) is 0 Å². The fourth-order valence-corrected chi connectivity index (χ4v) is 1.67. The van der Waals surface area contributed by atoms with E-state index >= 15 is 0 Å². The zero-order chi connectivity index (χ0) is 12.3. The molecule has 1 N–H and O–H groups in total. The molecule has 0 amide bonds. The molecule has 0 aromatic carbocycles. The van der Waals surface area contributed by atoms with Crippen LogP contribution in [0.1, 0.15) is 11.4 Å². The fourth-order valence-electron chi connectivity index (χ4n) is 1.67. The van der Waals surface area contributed by atoms with Crippen molar-refractivity contribution in [1.82, 2.24) is 19.6 Å². The second-order valence-electron chi connectivity index (χ2n) is 3.89. The first-order chi connectivity index (χ1) is 8.20. The lowest BCUT2D eigenvalue weighted by Gasteiger charge is -2.04. The highest BCUT2D eigenvalue weighted by Gasteiger charge is 2.06. The van der Waals surface area contributed by atoms with Crippen molar-refractivity contribution < 1.29 is 4.39 Å². The number of nitrogens with one attached hydrogen (secondary N) is 1. The first-order valence-corrected chi connectivity index (χ1v) is 5.51. The van der Waals surface area contributed by atoms with Crippen LogP contribution in [0.3, 0.4) is 0 Å². The SMILES string of the molecule is Cc1c(NCc2ccn(C)n2)cnn1CCF. The third-order valence-electron chi connectivity index (χ3n) is 2.63. The fraction of sp³-hybridized carbons (Fsp3) is 0.455. The molecule has 92 valence electrons. The van der Waals surface area contributed by atoms with E-state index < -0.39 is 6.67 Å². The first-order valence-electron chi connectivity index (χ1n) is 5.51. The van der Waals surface area contributed by atoms with Crippen LogP contribution in [-0.4, -0.2) is 26.2 Å². The van der Waals surface area contributed by atoms with Crippen LogP contribution in [-0.2, 0) is 20.1 Å². The maximum Gasteiger partial charge on any atom is 0.109 e. The molecule has 2 aromatic heterocycles. The monoisotopic (exact) mass is 237 g/mol. The molecule has 0 aliphatic rings. The van der Waals surface area contributed by atoms with Crippen LogP contribution in [0.25, 0.3) is 0 Å². The molecule has 17 heavy (non-hydrogen) atoms. The lowest BCUT2D eigenvalue weighted by molar-refractivity contribution is 0.423. The highest BCUT2D eigenvalue weighted by atomic mass is 19.1. The summed E-state index contributed by atoms with van der Waals surface area (Å²) in [6.45, 7) is 2.46. The number of anilines is 1. The van der Waals surface area contributed by atoms with Gasteiger partial charge in [-0.05, 0) is 13.0 Å². The molecular formula is C11H16FN5. The normalized spacial score (nSPS) is 10.8. The molecule has 0 spiro atoms. The van der Waals surface area contributed by atoms with Gasteiger partial charge >= 0.3 is 0 Å². The number of alkyl halides is 1. The molecule has 2 heterocycles. The molecule has 0 atom stereocenters. The van der Waals surface area contributed by atoms with Gasteiger partial charge in [0.2, 0.25) is 0 Å². The van der Waals surface area contributed by atoms with Crippen LogP contribution >= 0.6 is 0 Å². The molecule has 2 aromatic rings. The second kappa shape index (κ2) is 4.99. The molecule has 2 rings (SSSR count). The number of aromatic nitrogens is 4. The van der Waals surface area contributed by atoms with Crippen molar-refractivity contribution in [3.05, 3.63) is 29.8 Å². The second-order valence-corrected chi connectivity index (χ2v) is 3.89. The van der Waals surface area contributed by atoms with Crippen molar-refractivity contribution in [2.75, 3.05) is 12.0 Å². The molecule has 0 bridgehead atoms. The van der Waals surface area contributed by atoms with E-state index in [0.29, 0.717) is 13.1 Å². The Labute approximate surface area is 99.2 Å². The quantitative estimate of drug-likeness (QED) is 0.857. The molecule has 0 unspecified atom stereocenters. The summed E-state index contributed by atoms with van der Waals surface area (Å²) >= 11 is 0.